The van der Waals surface area contributed by atoms with Gasteiger partial charge in [-0.15, -0.1) is 0 Å². The highest BCUT2D eigenvalue weighted by molar-refractivity contribution is 6.23. The van der Waals surface area contributed by atoms with Gasteiger partial charge in [0.2, 0.25) is 5.91 Å². The zero-order valence-electron chi connectivity index (χ0n) is 36.3. The molecule has 3 saturated heterocycles. The molecule has 13 nitrogen and oxygen atoms in total. The summed E-state index contributed by atoms with van der Waals surface area (Å²) in [5, 5.41) is 14.5. The van der Waals surface area contributed by atoms with E-state index >= 15 is 0 Å². The lowest BCUT2D eigenvalue weighted by Crippen LogP contribution is -2.51. The van der Waals surface area contributed by atoms with E-state index in [1.807, 2.05) is 33.8 Å². The Hall–Kier alpha value is -5.21. The van der Waals surface area contributed by atoms with Crippen LogP contribution in [0.5, 0.6) is 5.75 Å². The van der Waals surface area contributed by atoms with Gasteiger partial charge in [-0.3, -0.25) is 24.1 Å². The van der Waals surface area contributed by atoms with Crippen molar-refractivity contribution < 1.29 is 28.7 Å². The van der Waals surface area contributed by atoms with Crippen molar-refractivity contribution in [3.8, 4) is 5.75 Å². The molecule has 2 aromatic carbocycles. The highest BCUT2D eigenvalue weighted by Crippen LogP contribution is 2.29. The molecule has 1 unspecified atom stereocenters. The summed E-state index contributed by atoms with van der Waals surface area (Å²) in [6, 6.07) is 8.18. The minimum atomic E-state index is -0.865. The number of fused-ring (bicyclic) bond motifs is 1. The third-order valence-electron chi connectivity index (χ3n) is 11.7. The smallest absolute Gasteiger partial charge is 0.267 e. The van der Waals surface area contributed by atoms with E-state index in [4.69, 9.17) is 16.6 Å². The number of nitrogens with zero attached hydrogens (tertiary/aromatic N) is 4. The number of allylic oxidation sites excluding steroid dienone is 3. The van der Waals surface area contributed by atoms with Crippen LogP contribution in [-0.4, -0.2) is 113 Å². The number of aromatic hydroxyl groups is 1. The molecule has 7 rings (SSSR count). The summed E-state index contributed by atoms with van der Waals surface area (Å²) in [7, 11) is 2.20. The lowest BCUT2D eigenvalue weighted by atomic mass is 9.95. The number of hydrogen-bond acceptors (Lipinski definition) is 10. The van der Waals surface area contributed by atoms with E-state index in [2.05, 4.69) is 39.0 Å². The molecule has 4 aliphatic heterocycles. The number of imide groups is 1. The third kappa shape index (κ3) is 13.4. The van der Waals surface area contributed by atoms with Crippen LogP contribution in [0.3, 0.4) is 0 Å². The minimum absolute atomic E-state index is 0.00667. The number of nitrogens with two attached hydrogens (primary N) is 2. The van der Waals surface area contributed by atoms with Crippen molar-refractivity contribution in [1.29, 1.82) is 0 Å². The maximum absolute atomic E-state index is 13.2. The standard InChI is InChI=1S/C22H40N6O.C14H11FN2O3.C8H10O.C2H6/c1-26-13-15-27(16-14-26)17-18-9-11-28(12-10-18)21(24)8-7-20(23)22(29)25-19-5-3-2-4-6-19;1-7-2-5-11(12(18)16-7)17-13(19)9-4-3-8(15)6-10(9)14(17)20;1-6-3-4-8(9)5-7(6)2;1-2/h7-8,18-19H,2-6,9-17,23-24H2,1H3,(H,25,29);3-4,6,11H,1-2,5H2,(H,16,18);3-5,9H,1-2H3;1-2H3/b20-7-,21-8+;;;. The molecule has 0 radical (unpaired) electrons. The molecule has 1 atom stereocenters. The average molecular weight is 831 g/mol. The van der Waals surface area contributed by atoms with Crippen molar-refractivity contribution in [2.45, 2.75) is 97.6 Å². The first-order valence-corrected chi connectivity index (χ1v) is 21.5. The quantitative estimate of drug-likeness (QED) is 0.140. The van der Waals surface area contributed by atoms with Gasteiger partial charge in [0, 0.05) is 57.6 Å². The number of piperidine rings is 2. The highest BCUT2D eigenvalue weighted by Gasteiger charge is 2.44. The SMILES string of the molecule is C=C1CCC(N2C(=O)c3ccc(F)cc3C2=O)C(=O)N1.CC.CN1CCN(CC2CCN(/C(N)=C/C=C(\N)C(=O)NC3CCCCC3)CC2)CC1.Cc1ccc(O)cc1C. The van der Waals surface area contributed by atoms with Crippen LogP contribution in [0.2, 0.25) is 0 Å². The van der Waals surface area contributed by atoms with E-state index < -0.39 is 29.6 Å². The molecule has 4 amide bonds. The average Bonchev–Trinajstić information content (AvgIpc) is 3.48. The summed E-state index contributed by atoms with van der Waals surface area (Å²) in [5.74, 6) is -0.579. The molecule has 7 N–H and O–H groups in total. The number of phenols is 1. The Balaban J connectivity index is 0.000000220. The van der Waals surface area contributed by atoms with E-state index in [9.17, 15) is 23.6 Å². The van der Waals surface area contributed by atoms with Crippen molar-refractivity contribution in [2.24, 2.45) is 17.4 Å². The summed E-state index contributed by atoms with van der Waals surface area (Å²) in [4.78, 5) is 56.7. The number of piperazine rings is 1. The second-order valence-corrected chi connectivity index (χ2v) is 16.1. The number of aryl methyl sites for hydroxylation is 2. The van der Waals surface area contributed by atoms with Gasteiger partial charge in [-0.05, 0) is 119 Å². The van der Waals surface area contributed by atoms with Gasteiger partial charge in [-0.1, -0.05) is 45.8 Å². The lowest BCUT2D eigenvalue weighted by molar-refractivity contribution is -0.125. The van der Waals surface area contributed by atoms with Gasteiger partial charge in [0.25, 0.3) is 17.7 Å². The predicted molar refractivity (Wildman–Crippen MR) is 234 cm³/mol. The van der Waals surface area contributed by atoms with E-state index in [1.165, 1.54) is 76.5 Å². The number of likely N-dealkylation sites (N-methyl/N-ethyl adjacent to an activating group) is 1. The fraction of sp³-hybridized carbons (Fsp3) is 0.522. The first-order chi connectivity index (χ1) is 28.7. The fourth-order valence-corrected chi connectivity index (χ4v) is 7.89. The first kappa shape index (κ1) is 47.5. The van der Waals surface area contributed by atoms with Crippen molar-refractivity contribution in [2.75, 3.05) is 52.9 Å². The van der Waals surface area contributed by atoms with E-state index in [0.717, 1.165) is 54.4 Å². The van der Waals surface area contributed by atoms with Crippen LogP contribution in [0.1, 0.15) is 103 Å². The Kier molecular flexibility index (Phi) is 18.2. The van der Waals surface area contributed by atoms with Crippen LogP contribution in [0, 0.1) is 25.6 Å². The second kappa shape index (κ2) is 23.0. The molecule has 1 aliphatic carbocycles. The molecule has 2 aromatic rings. The number of benzene rings is 2. The van der Waals surface area contributed by atoms with E-state index in [0.29, 0.717) is 30.1 Å². The van der Waals surface area contributed by atoms with Gasteiger partial charge >= 0.3 is 0 Å². The van der Waals surface area contributed by atoms with Crippen molar-refractivity contribution in [1.82, 2.24) is 30.2 Å². The molecule has 60 heavy (non-hydrogen) atoms. The number of carbonyl (C=O) groups excluding carboxylic acids is 4. The van der Waals surface area contributed by atoms with Gasteiger partial charge < -0.3 is 41.9 Å². The third-order valence-corrected chi connectivity index (χ3v) is 11.7. The Morgan fingerprint density at radius 1 is 0.867 bits per heavy atom. The minimum Gasteiger partial charge on any atom is -0.508 e. The molecule has 14 heteroatoms. The topological polar surface area (TPSA) is 178 Å². The number of halogens is 1. The zero-order chi connectivity index (χ0) is 43.9. The number of amides is 4. The normalized spacial score (nSPS) is 20.8. The van der Waals surface area contributed by atoms with E-state index in [-0.39, 0.29) is 28.8 Å². The number of nitrogens with one attached hydrogen (secondary N) is 2. The number of phenolic OH excluding ortho intramolecular Hbond substituents is 1. The van der Waals surface area contributed by atoms with Gasteiger partial charge in [0.1, 0.15) is 17.6 Å². The summed E-state index contributed by atoms with van der Waals surface area (Å²) >= 11 is 0. The molecule has 4 heterocycles. The molecule has 0 aromatic heterocycles. The summed E-state index contributed by atoms with van der Waals surface area (Å²) in [6.45, 7) is 19.5. The Morgan fingerprint density at radius 3 is 2.13 bits per heavy atom. The van der Waals surface area contributed by atoms with Crippen LogP contribution in [0.15, 0.2) is 72.3 Å². The Morgan fingerprint density at radius 2 is 1.52 bits per heavy atom. The monoisotopic (exact) mass is 831 g/mol. The number of carbonyl (C=O) groups is 4. The maximum atomic E-state index is 13.2. The molecule has 0 bridgehead atoms. The van der Waals surface area contributed by atoms with Crippen LogP contribution in [0.4, 0.5) is 4.39 Å². The van der Waals surface area contributed by atoms with Gasteiger partial charge in [-0.25, -0.2) is 4.39 Å². The van der Waals surface area contributed by atoms with E-state index in [1.54, 1.807) is 24.3 Å². The Labute approximate surface area is 355 Å². The molecule has 0 spiro atoms. The van der Waals surface area contributed by atoms with Gasteiger partial charge in [0.15, 0.2) is 0 Å². The van der Waals surface area contributed by atoms with Crippen molar-refractivity contribution in [3.05, 3.63) is 100 Å². The van der Waals surface area contributed by atoms with Crippen LogP contribution in [0.25, 0.3) is 0 Å². The number of rotatable bonds is 7. The molecule has 4 fully saturated rings. The van der Waals surface area contributed by atoms with Crippen LogP contribution >= 0.6 is 0 Å². The lowest BCUT2D eigenvalue weighted by Gasteiger charge is -2.38. The molecule has 1 saturated carbocycles. The largest absolute Gasteiger partial charge is 0.508 e. The predicted octanol–water partition coefficient (Wildman–Crippen LogP) is 5.29. The highest BCUT2D eigenvalue weighted by atomic mass is 19.1. The first-order valence-electron chi connectivity index (χ1n) is 21.5. The number of hydrogen-bond donors (Lipinski definition) is 5. The number of likely N-dealkylation sites (tertiary alicyclic amines) is 1. The van der Waals surface area contributed by atoms with Crippen LogP contribution < -0.4 is 22.1 Å². The summed E-state index contributed by atoms with van der Waals surface area (Å²) < 4.78 is 13.2. The fourth-order valence-electron chi connectivity index (χ4n) is 7.89. The zero-order valence-corrected chi connectivity index (χ0v) is 36.3. The molecular weight excluding hydrogens is 764 g/mol. The van der Waals surface area contributed by atoms with Gasteiger partial charge in [-0.2, -0.15) is 0 Å². The summed E-state index contributed by atoms with van der Waals surface area (Å²) in [6.07, 6.45) is 12.4. The molecule has 328 valence electrons. The molecular formula is C46H67FN8O5. The van der Waals surface area contributed by atoms with Crippen LogP contribution in [-0.2, 0) is 9.59 Å². The maximum Gasteiger partial charge on any atom is 0.267 e. The Bertz CT molecular complexity index is 1880. The van der Waals surface area contributed by atoms with Crippen molar-refractivity contribution >= 4 is 23.6 Å². The molecule has 5 aliphatic rings. The van der Waals surface area contributed by atoms with Crippen molar-refractivity contribution in [3.63, 3.8) is 0 Å². The van der Waals surface area contributed by atoms with Gasteiger partial charge in [0.05, 0.1) is 22.6 Å². The second-order valence-electron chi connectivity index (χ2n) is 16.1. The summed E-state index contributed by atoms with van der Waals surface area (Å²) in [5.41, 5.74) is 15.5.